The summed E-state index contributed by atoms with van der Waals surface area (Å²) in [4.78, 5) is 0. The molecule has 0 aliphatic carbocycles. The van der Waals surface area contributed by atoms with Crippen molar-refractivity contribution in [2.24, 2.45) is 0 Å². The number of unbranched alkanes of at least 4 members (excludes halogenated alkanes) is 3. The number of nitrogens with zero attached hydrogens (tertiary/aromatic N) is 1. The minimum Gasteiger partial charge on any atom is -0.385 e. The first-order chi connectivity index (χ1) is 7.77. The van der Waals surface area contributed by atoms with E-state index in [2.05, 4.69) is 18.3 Å². The lowest BCUT2D eigenvalue weighted by molar-refractivity contribution is 0.685. The third-order valence-corrected chi connectivity index (χ3v) is 2.78. The van der Waals surface area contributed by atoms with Crippen molar-refractivity contribution in [1.29, 1.82) is 5.26 Å². The van der Waals surface area contributed by atoms with Crippen LogP contribution in [0.1, 0.15) is 38.2 Å². The molecular formula is C13H17ClN2. The van der Waals surface area contributed by atoms with Crippen LogP contribution in [0.5, 0.6) is 0 Å². The molecule has 0 atom stereocenters. The van der Waals surface area contributed by atoms with Crippen molar-refractivity contribution in [3.05, 3.63) is 28.8 Å². The van der Waals surface area contributed by atoms with Gasteiger partial charge in [-0.05, 0) is 24.6 Å². The van der Waals surface area contributed by atoms with Crippen LogP contribution >= 0.6 is 11.6 Å². The van der Waals surface area contributed by atoms with Crippen LogP contribution in [0.2, 0.25) is 5.02 Å². The van der Waals surface area contributed by atoms with E-state index in [9.17, 15) is 0 Å². The zero-order valence-electron chi connectivity index (χ0n) is 9.59. The Labute approximate surface area is 102 Å². The van der Waals surface area contributed by atoms with E-state index in [1.54, 1.807) is 12.1 Å². The Bertz CT molecular complexity index is 369. The van der Waals surface area contributed by atoms with Crippen molar-refractivity contribution >= 4 is 17.3 Å². The number of rotatable bonds is 6. The average Bonchev–Trinajstić information content (AvgIpc) is 2.31. The van der Waals surface area contributed by atoms with Crippen LogP contribution in [0.25, 0.3) is 0 Å². The molecule has 86 valence electrons. The number of anilines is 1. The van der Waals surface area contributed by atoms with E-state index in [1.165, 1.54) is 25.7 Å². The van der Waals surface area contributed by atoms with Gasteiger partial charge in [-0.1, -0.05) is 37.8 Å². The minimum atomic E-state index is 0.513. The number of nitrogens with one attached hydrogen (secondary N) is 1. The van der Waals surface area contributed by atoms with E-state index in [4.69, 9.17) is 16.9 Å². The predicted molar refractivity (Wildman–Crippen MR) is 68.8 cm³/mol. The molecular weight excluding hydrogens is 220 g/mol. The Balaban J connectivity index is 2.40. The highest BCUT2D eigenvalue weighted by atomic mass is 35.5. The molecule has 0 radical (unpaired) electrons. The quantitative estimate of drug-likeness (QED) is 0.752. The highest BCUT2D eigenvalue weighted by Gasteiger charge is 2.00. The van der Waals surface area contributed by atoms with E-state index in [1.807, 2.05) is 6.07 Å². The molecule has 1 rings (SSSR count). The second-order valence-electron chi connectivity index (χ2n) is 3.79. The maximum Gasteiger partial charge on any atom is 0.101 e. The topological polar surface area (TPSA) is 35.8 Å². The molecule has 0 saturated carbocycles. The van der Waals surface area contributed by atoms with Gasteiger partial charge in [0.25, 0.3) is 0 Å². The van der Waals surface area contributed by atoms with E-state index in [-0.39, 0.29) is 0 Å². The number of hydrogen-bond acceptors (Lipinski definition) is 2. The first-order valence-corrected chi connectivity index (χ1v) is 6.09. The fourth-order valence-corrected chi connectivity index (χ4v) is 1.67. The molecule has 0 unspecified atom stereocenters. The monoisotopic (exact) mass is 236 g/mol. The molecule has 1 aromatic rings. The molecule has 3 heteroatoms. The molecule has 0 bridgehead atoms. The van der Waals surface area contributed by atoms with Crippen molar-refractivity contribution in [3.8, 4) is 6.07 Å². The number of benzene rings is 1. The molecule has 0 aliphatic heterocycles. The van der Waals surface area contributed by atoms with Gasteiger partial charge in [0.2, 0.25) is 0 Å². The molecule has 1 aromatic carbocycles. The predicted octanol–water partition coefficient (Wildman–Crippen LogP) is 4.20. The Morgan fingerprint density at radius 2 is 2.12 bits per heavy atom. The maximum absolute atomic E-state index is 8.82. The van der Waals surface area contributed by atoms with E-state index >= 15 is 0 Å². The van der Waals surface area contributed by atoms with E-state index in [0.717, 1.165) is 12.2 Å². The van der Waals surface area contributed by atoms with Gasteiger partial charge in [-0.25, -0.2) is 0 Å². The molecule has 0 amide bonds. The van der Waals surface area contributed by atoms with Gasteiger partial charge in [-0.3, -0.25) is 0 Å². The van der Waals surface area contributed by atoms with Crippen LogP contribution in [-0.2, 0) is 0 Å². The smallest absolute Gasteiger partial charge is 0.101 e. The highest BCUT2D eigenvalue weighted by molar-refractivity contribution is 6.31. The molecule has 0 spiro atoms. The van der Waals surface area contributed by atoms with Crippen molar-refractivity contribution < 1.29 is 0 Å². The molecule has 1 N–H and O–H groups in total. The van der Waals surface area contributed by atoms with Crippen LogP contribution in [0.15, 0.2) is 18.2 Å². The van der Waals surface area contributed by atoms with Crippen LogP contribution in [0, 0.1) is 11.3 Å². The lowest BCUT2D eigenvalue weighted by Crippen LogP contribution is -2.01. The summed E-state index contributed by atoms with van der Waals surface area (Å²) in [7, 11) is 0. The van der Waals surface area contributed by atoms with Crippen molar-refractivity contribution in [2.75, 3.05) is 11.9 Å². The van der Waals surface area contributed by atoms with Crippen LogP contribution in [0.4, 0.5) is 5.69 Å². The van der Waals surface area contributed by atoms with Crippen molar-refractivity contribution in [3.63, 3.8) is 0 Å². The first kappa shape index (κ1) is 12.9. The Morgan fingerprint density at radius 1 is 1.31 bits per heavy atom. The van der Waals surface area contributed by atoms with E-state index in [0.29, 0.717) is 10.6 Å². The fourth-order valence-electron chi connectivity index (χ4n) is 1.51. The fraction of sp³-hybridized carbons (Fsp3) is 0.462. The number of halogens is 1. The lowest BCUT2D eigenvalue weighted by atomic mass is 10.2. The zero-order valence-corrected chi connectivity index (χ0v) is 10.3. The van der Waals surface area contributed by atoms with Gasteiger partial charge in [-0.15, -0.1) is 0 Å². The molecule has 0 fully saturated rings. The summed E-state index contributed by atoms with van der Waals surface area (Å²) in [5.74, 6) is 0. The highest BCUT2D eigenvalue weighted by Crippen LogP contribution is 2.19. The Kier molecular flexibility index (Phi) is 5.74. The second kappa shape index (κ2) is 7.14. The lowest BCUT2D eigenvalue weighted by Gasteiger charge is -2.06. The molecule has 2 nitrogen and oxygen atoms in total. The molecule has 0 saturated heterocycles. The van der Waals surface area contributed by atoms with Gasteiger partial charge >= 0.3 is 0 Å². The first-order valence-electron chi connectivity index (χ1n) is 5.71. The van der Waals surface area contributed by atoms with Crippen LogP contribution in [0.3, 0.4) is 0 Å². The summed E-state index contributed by atoms with van der Waals surface area (Å²) < 4.78 is 0. The molecule has 0 aliphatic rings. The van der Waals surface area contributed by atoms with Gasteiger partial charge in [0.15, 0.2) is 0 Å². The summed E-state index contributed by atoms with van der Waals surface area (Å²) in [5.41, 5.74) is 1.50. The Morgan fingerprint density at radius 3 is 2.81 bits per heavy atom. The van der Waals surface area contributed by atoms with Crippen LogP contribution in [-0.4, -0.2) is 6.54 Å². The third kappa shape index (κ3) is 4.12. The molecule has 16 heavy (non-hydrogen) atoms. The summed E-state index contributed by atoms with van der Waals surface area (Å²) in [5, 5.41) is 12.6. The van der Waals surface area contributed by atoms with Crippen molar-refractivity contribution in [1.82, 2.24) is 0 Å². The molecule has 0 aromatic heterocycles. The average molecular weight is 237 g/mol. The van der Waals surface area contributed by atoms with Gasteiger partial charge in [0.1, 0.15) is 6.07 Å². The Hall–Kier alpha value is -1.20. The van der Waals surface area contributed by atoms with Crippen LogP contribution < -0.4 is 5.32 Å². The minimum absolute atomic E-state index is 0.513. The summed E-state index contributed by atoms with van der Waals surface area (Å²) in [6.45, 7) is 3.15. The third-order valence-electron chi connectivity index (χ3n) is 2.45. The second-order valence-corrected chi connectivity index (χ2v) is 4.20. The standard InChI is InChI=1S/C13H17ClN2/c1-2-3-4-5-8-16-12-6-7-13(14)11(9-12)10-15/h6-7,9,16H,2-5,8H2,1H3. The number of hydrogen-bond donors (Lipinski definition) is 1. The maximum atomic E-state index is 8.82. The van der Waals surface area contributed by atoms with Gasteiger partial charge in [-0.2, -0.15) is 5.26 Å². The van der Waals surface area contributed by atoms with E-state index < -0.39 is 0 Å². The van der Waals surface area contributed by atoms with Gasteiger partial charge in [0, 0.05) is 12.2 Å². The number of nitriles is 1. The SMILES string of the molecule is CCCCCCNc1ccc(Cl)c(C#N)c1. The zero-order chi connectivity index (χ0) is 11.8. The molecule has 0 heterocycles. The summed E-state index contributed by atoms with van der Waals surface area (Å²) >= 11 is 5.85. The van der Waals surface area contributed by atoms with Crippen molar-refractivity contribution in [2.45, 2.75) is 32.6 Å². The summed E-state index contributed by atoms with van der Waals surface area (Å²) in [6, 6.07) is 7.53. The largest absolute Gasteiger partial charge is 0.385 e. The van der Waals surface area contributed by atoms with Gasteiger partial charge in [0.05, 0.1) is 10.6 Å². The normalized spacial score (nSPS) is 9.81. The summed E-state index contributed by atoms with van der Waals surface area (Å²) in [6.07, 6.45) is 4.95. The van der Waals surface area contributed by atoms with Gasteiger partial charge < -0.3 is 5.32 Å².